The Morgan fingerprint density at radius 2 is 2.00 bits per heavy atom. The summed E-state index contributed by atoms with van der Waals surface area (Å²) >= 11 is 0. The van der Waals surface area contributed by atoms with Crippen LogP contribution in [0.25, 0.3) is 10.9 Å². The normalized spacial score (nSPS) is 11.2. The Kier molecular flexibility index (Phi) is 3.41. The minimum Gasteiger partial charge on any atom is -0.352 e. The van der Waals surface area contributed by atoms with Crippen molar-refractivity contribution in [1.29, 1.82) is 0 Å². The third-order valence-electron chi connectivity index (χ3n) is 3.49. The van der Waals surface area contributed by atoms with E-state index in [9.17, 15) is 4.79 Å². The molecule has 0 atom stereocenters. The van der Waals surface area contributed by atoms with Gasteiger partial charge in [0.15, 0.2) is 0 Å². The van der Waals surface area contributed by atoms with Crippen LogP contribution in [-0.4, -0.2) is 10.5 Å². The Morgan fingerprint density at radius 3 is 2.67 bits per heavy atom. The fourth-order valence-corrected chi connectivity index (χ4v) is 2.20. The average molecular weight is 244 g/mol. The number of nitrogens with zero attached hydrogens (tertiary/aromatic N) is 1. The molecular formula is C15H20N2O. The van der Waals surface area contributed by atoms with Gasteiger partial charge in [-0.15, -0.1) is 0 Å². The molecule has 2 aromatic rings. The Balaban J connectivity index is 2.33. The van der Waals surface area contributed by atoms with Crippen molar-refractivity contribution < 1.29 is 4.79 Å². The molecule has 0 spiro atoms. The number of amides is 1. The van der Waals surface area contributed by atoms with Gasteiger partial charge < -0.3 is 9.88 Å². The van der Waals surface area contributed by atoms with Crippen LogP contribution in [-0.2, 0) is 18.4 Å². The predicted octanol–water partition coefficient (Wildman–Crippen LogP) is 2.76. The molecule has 0 aliphatic carbocycles. The Morgan fingerprint density at radius 1 is 1.33 bits per heavy atom. The van der Waals surface area contributed by atoms with Gasteiger partial charge in [0.05, 0.1) is 0 Å². The number of hydrogen-bond donors (Lipinski definition) is 1. The van der Waals surface area contributed by atoms with Crippen LogP contribution in [0, 0.1) is 12.8 Å². The number of aryl methyl sites for hydroxylation is 1. The molecule has 0 unspecified atom stereocenters. The second kappa shape index (κ2) is 4.84. The van der Waals surface area contributed by atoms with Gasteiger partial charge in [0.2, 0.25) is 5.91 Å². The van der Waals surface area contributed by atoms with Crippen LogP contribution < -0.4 is 5.32 Å². The largest absolute Gasteiger partial charge is 0.352 e. The number of hydrogen-bond acceptors (Lipinski definition) is 1. The minimum absolute atomic E-state index is 0.0280. The summed E-state index contributed by atoms with van der Waals surface area (Å²) in [4.78, 5) is 11.7. The molecule has 0 fully saturated rings. The highest BCUT2D eigenvalue weighted by Gasteiger charge is 2.13. The Hall–Kier alpha value is -1.77. The smallest absolute Gasteiger partial charge is 0.222 e. The van der Waals surface area contributed by atoms with E-state index >= 15 is 0 Å². The molecule has 1 N–H and O–H groups in total. The van der Waals surface area contributed by atoms with Gasteiger partial charge in [-0.25, -0.2) is 0 Å². The molecule has 0 saturated carbocycles. The van der Waals surface area contributed by atoms with Gasteiger partial charge in [-0.05, 0) is 18.6 Å². The summed E-state index contributed by atoms with van der Waals surface area (Å²) in [6, 6.07) is 8.29. The summed E-state index contributed by atoms with van der Waals surface area (Å²) < 4.78 is 2.17. The zero-order valence-corrected chi connectivity index (χ0v) is 11.4. The Labute approximate surface area is 108 Å². The van der Waals surface area contributed by atoms with E-state index in [0.29, 0.717) is 6.54 Å². The van der Waals surface area contributed by atoms with Gasteiger partial charge in [-0.1, -0.05) is 32.0 Å². The summed E-state index contributed by atoms with van der Waals surface area (Å²) in [5.74, 6) is 0.127. The fraction of sp³-hybridized carbons (Fsp3) is 0.400. The highest BCUT2D eigenvalue weighted by molar-refractivity contribution is 5.86. The van der Waals surface area contributed by atoms with E-state index in [1.807, 2.05) is 26.0 Å². The topological polar surface area (TPSA) is 34.0 Å². The molecule has 0 aliphatic heterocycles. The molecule has 0 bridgehead atoms. The van der Waals surface area contributed by atoms with E-state index in [2.05, 4.69) is 36.0 Å². The monoisotopic (exact) mass is 244 g/mol. The van der Waals surface area contributed by atoms with Crippen molar-refractivity contribution >= 4 is 16.8 Å². The van der Waals surface area contributed by atoms with Crippen LogP contribution in [0.5, 0.6) is 0 Å². The number of aromatic nitrogens is 1. The highest BCUT2D eigenvalue weighted by atomic mass is 16.1. The van der Waals surface area contributed by atoms with Crippen molar-refractivity contribution in [3.8, 4) is 0 Å². The maximum atomic E-state index is 11.7. The molecule has 2 rings (SSSR count). The van der Waals surface area contributed by atoms with Crippen LogP contribution in [0.2, 0.25) is 0 Å². The van der Waals surface area contributed by atoms with Crippen LogP contribution in [0.3, 0.4) is 0 Å². The lowest BCUT2D eigenvalue weighted by atomic mass is 10.1. The van der Waals surface area contributed by atoms with Crippen molar-refractivity contribution in [2.75, 3.05) is 0 Å². The number of para-hydroxylation sites is 1. The van der Waals surface area contributed by atoms with Gasteiger partial charge in [0.1, 0.15) is 0 Å². The first kappa shape index (κ1) is 12.7. The maximum absolute atomic E-state index is 11.7. The quantitative estimate of drug-likeness (QED) is 0.885. The lowest BCUT2D eigenvalue weighted by Crippen LogP contribution is -2.27. The first-order chi connectivity index (χ1) is 8.52. The van der Waals surface area contributed by atoms with Gasteiger partial charge in [0.25, 0.3) is 0 Å². The molecule has 1 aromatic carbocycles. The highest BCUT2D eigenvalue weighted by Crippen LogP contribution is 2.24. The molecule has 18 heavy (non-hydrogen) atoms. The predicted molar refractivity (Wildman–Crippen MR) is 74.3 cm³/mol. The van der Waals surface area contributed by atoms with Crippen molar-refractivity contribution in [3.63, 3.8) is 0 Å². The molecule has 0 aliphatic rings. The lowest BCUT2D eigenvalue weighted by molar-refractivity contribution is -0.124. The number of carbonyl (C=O) groups is 1. The summed E-state index contributed by atoms with van der Waals surface area (Å²) in [5.41, 5.74) is 3.63. The van der Waals surface area contributed by atoms with Crippen LogP contribution >= 0.6 is 0 Å². The molecule has 3 heteroatoms. The van der Waals surface area contributed by atoms with Crippen LogP contribution in [0.15, 0.2) is 24.3 Å². The summed E-state index contributed by atoms with van der Waals surface area (Å²) in [6.45, 7) is 6.51. The number of rotatable bonds is 3. The van der Waals surface area contributed by atoms with E-state index in [1.165, 1.54) is 22.2 Å². The first-order valence-corrected chi connectivity index (χ1v) is 6.33. The van der Waals surface area contributed by atoms with Crippen molar-refractivity contribution in [2.24, 2.45) is 13.0 Å². The average Bonchev–Trinajstić information content (AvgIpc) is 2.60. The van der Waals surface area contributed by atoms with Gasteiger partial charge in [-0.2, -0.15) is 0 Å². The zero-order valence-electron chi connectivity index (χ0n) is 11.4. The molecule has 1 aromatic heterocycles. The van der Waals surface area contributed by atoms with E-state index in [4.69, 9.17) is 0 Å². The molecule has 1 amide bonds. The fourth-order valence-electron chi connectivity index (χ4n) is 2.20. The molecule has 96 valence electrons. The zero-order chi connectivity index (χ0) is 13.3. The molecule has 0 saturated heterocycles. The number of carbonyl (C=O) groups excluding carboxylic acids is 1. The lowest BCUT2D eigenvalue weighted by Gasteiger charge is -2.08. The molecule has 3 nitrogen and oxygen atoms in total. The first-order valence-electron chi connectivity index (χ1n) is 6.33. The third-order valence-corrected chi connectivity index (χ3v) is 3.49. The second-order valence-corrected chi connectivity index (χ2v) is 5.01. The molecule has 0 radical (unpaired) electrons. The summed E-state index contributed by atoms with van der Waals surface area (Å²) in [6.07, 6.45) is 0. The van der Waals surface area contributed by atoms with Gasteiger partial charge >= 0.3 is 0 Å². The number of nitrogens with one attached hydrogen (secondary N) is 1. The van der Waals surface area contributed by atoms with E-state index in [0.717, 1.165) is 0 Å². The number of fused-ring (bicyclic) bond motifs is 1. The second-order valence-electron chi connectivity index (χ2n) is 5.01. The summed E-state index contributed by atoms with van der Waals surface area (Å²) in [5, 5.41) is 4.22. The van der Waals surface area contributed by atoms with Crippen LogP contribution in [0.4, 0.5) is 0 Å². The molecular weight excluding hydrogens is 224 g/mol. The standard InChI is InChI=1S/C15H20N2O/c1-10(2)15(18)16-9-13-11(3)17(4)14-8-6-5-7-12(13)14/h5-8,10H,9H2,1-4H3,(H,16,18). The third kappa shape index (κ3) is 2.13. The van der Waals surface area contributed by atoms with Gasteiger partial charge in [-0.3, -0.25) is 4.79 Å². The van der Waals surface area contributed by atoms with Crippen molar-refractivity contribution in [2.45, 2.75) is 27.3 Å². The summed E-state index contributed by atoms with van der Waals surface area (Å²) in [7, 11) is 2.06. The number of benzene rings is 1. The van der Waals surface area contributed by atoms with Crippen molar-refractivity contribution in [1.82, 2.24) is 9.88 Å². The SMILES string of the molecule is Cc1c(CNC(=O)C(C)C)c2ccccc2n1C. The van der Waals surface area contributed by atoms with E-state index < -0.39 is 0 Å². The Bertz CT molecular complexity index is 581. The van der Waals surface area contributed by atoms with E-state index in [-0.39, 0.29) is 11.8 Å². The van der Waals surface area contributed by atoms with E-state index in [1.54, 1.807) is 0 Å². The minimum atomic E-state index is 0.0280. The van der Waals surface area contributed by atoms with Gasteiger partial charge in [0, 0.05) is 36.1 Å². The molecule has 1 heterocycles. The maximum Gasteiger partial charge on any atom is 0.222 e. The van der Waals surface area contributed by atoms with Crippen molar-refractivity contribution in [3.05, 3.63) is 35.5 Å². The van der Waals surface area contributed by atoms with Crippen LogP contribution in [0.1, 0.15) is 25.1 Å².